The molecule has 0 atom stereocenters. The van der Waals surface area contributed by atoms with E-state index in [1.165, 1.54) is 12.1 Å². The number of aryl methyl sites for hydroxylation is 1. The Kier molecular flexibility index (Phi) is 7.24. The molecule has 0 saturated heterocycles. The number of aromatic carboxylic acids is 1. The average molecular weight is 491 g/mol. The molecule has 0 aliphatic rings. The Morgan fingerprint density at radius 1 is 1.17 bits per heavy atom. The molecule has 0 spiro atoms. The van der Waals surface area contributed by atoms with Crippen molar-refractivity contribution in [2.45, 2.75) is 20.1 Å². The minimum Gasteiger partial charge on any atom is -0.493 e. The van der Waals surface area contributed by atoms with Gasteiger partial charge in [-0.2, -0.15) is 0 Å². The van der Waals surface area contributed by atoms with Crippen LogP contribution in [0.2, 0.25) is 5.02 Å². The number of hydrogen-bond donors (Lipinski definition) is 2. The molecule has 3 aromatic carbocycles. The van der Waals surface area contributed by atoms with Gasteiger partial charge < -0.3 is 19.9 Å². The summed E-state index contributed by atoms with van der Waals surface area (Å²) in [5.41, 5.74) is 3.72. The maximum atomic E-state index is 11.3. The van der Waals surface area contributed by atoms with Gasteiger partial charge in [-0.25, -0.2) is 4.79 Å². The zero-order valence-electron chi connectivity index (χ0n) is 16.5. The predicted molar refractivity (Wildman–Crippen MR) is 122 cm³/mol. The van der Waals surface area contributed by atoms with Gasteiger partial charge in [-0.15, -0.1) is 0 Å². The largest absolute Gasteiger partial charge is 0.493 e. The van der Waals surface area contributed by atoms with Crippen LogP contribution < -0.4 is 14.8 Å². The fraction of sp³-hybridized carbons (Fsp3) is 0.174. The number of carboxylic acids is 1. The average Bonchev–Trinajstić information content (AvgIpc) is 2.72. The molecule has 3 rings (SSSR count). The van der Waals surface area contributed by atoms with Gasteiger partial charge in [0.2, 0.25) is 0 Å². The van der Waals surface area contributed by atoms with Crippen LogP contribution in [0.1, 0.15) is 27.0 Å². The molecule has 3 aromatic rings. The molecule has 0 radical (unpaired) electrons. The second-order valence-electron chi connectivity index (χ2n) is 6.69. The van der Waals surface area contributed by atoms with Gasteiger partial charge in [-0.1, -0.05) is 57.4 Å². The van der Waals surface area contributed by atoms with E-state index in [0.717, 1.165) is 21.2 Å². The highest BCUT2D eigenvalue weighted by Crippen LogP contribution is 2.38. The molecule has 0 fully saturated rings. The van der Waals surface area contributed by atoms with Crippen molar-refractivity contribution in [1.82, 2.24) is 0 Å². The molecule has 0 heterocycles. The van der Waals surface area contributed by atoms with Gasteiger partial charge in [-0.05, 0) is 42.8 Å². The molecule has 7 heteroatoms. The number of anilines is 1. The number of hydrogen-bond acceptors (Lipinski definition) is 4. The number of carboxylic acid groups (broad SMARTS) is 1. The minimum absolute atomic E-state index is 0.155. The van der Waals surface area contributed by atoms with E-state index in [1.807, 2.05) is 37.3 Å². The van der Waals surface area contributed by atoms with Gasteiger partial charge in [0.05, 0.1) is 23.4 Å². The van der Waals surface area contributed by atoms with Crippen molar-refractivity contribution in [2.24, 2.45) is 0 Å². The van der Waals surface area contributed by atoms with E-state index in [2.05, 4.69) is 27.3 Å². The molecular formula is C23H21BrClNO4. The first kappa shape index (κ1) is 22.0. The highest BCUT2D eigenvalue weighted by Gasteiger charge is 2.16. The number of nitrogens with one attached hydrogen (secondary N) is 1. The van der Waals surface area contributed by atoms with Crippen LogP contribution in [0.3, 0.4) is 0 Å². The Morgan fingerprint density at radius 3 is 2.67 bits per heavy atom. The summed E-state index contributed by atoms with van der Waals surface area (Å²) in [4.78, 5) is 11.3. The number of rotatable bonds is 8. The molecule has 0 amide bonds. The molecule has 0 bridgehead atoms. The second-order valence-corrected chi connectivity index (χ2v) is 7.95. The van der Waals surface area contributed by atoms with Crippen molar-refractivity contribution in [2.75, 3.05) is 12.4 Å². The lowest BCUT2D eigenvalue weighted by molar-refractivity contribution is 0.0697. The molecule has 0 aliphatic carbocycles. The van der Waals surface area contributed by atoms with E-state index in [4.69, 9.17) is 21.1 Å². The van der Waals surface area contributed by atoms with Gasteiger partial charge in [0.25, 0.3) is 0 Å². The summed E-state index contributed by atoms with van der Waals surface area (Å²) in [6.45, 7) is 2.77. The Morgan fingerprint density at radius 2 is 1.97 bits per heavy atom. The Balaban J connectivity index is 1.87. The number of methoxy groups -OCH3 is 1. The number of benzene rings is 3. The van der Waals surface area contributed by atoms with Gasteiger partial charge in [-0.3, -0.25) is 0 Å². The summed E-state index contributed by atoms with van der Waals surface area (Å²) in [7, 11) is 1.59. The summed E-state index contributed by atoms with van der Waals surface area (Å²) >= 11 is 9.81. The summed E-state index contributed by atoms with van der Waals surface area (Å²) in [6, 6.07) is 16.3. The summed E-state index contributed by atoms with van der Waals surface area (Å²) in [5.74, 6) is 0.193. The standard InChI is InChI=1S/C23H21BrClNO4/c1-14-4-3-5-15(10-14)13-30-22-17(18(24)7-9-21(22)29-2)12-26-20-11-16(23(27)28)6-8-19(20)25/h3-11,26H,12-13H2,1-2H3,(H,27,28). The zero-order valence-corrected chi connectivity index (χ0v) is 18.9. The molecular weight excluding hydrogens is 470 g/mol. The van der Waals surface area contributed by atoms with Crippen LogP contribution in [0.15, 0.2) is 59.1 Å². The molecule has 2 N–H and O–H groups in total. The maximum absolute atomic E-state index is 11.3. The normalized spacial score (nSPS) is 10.5. The van der Waals surface area contributed by atoms with Crippen molar-refractivity contribution >= 4 is 39.2 Å². The third-order valence-electron chi connectivity index (χ3n) is 4.52. The second kappa shape index (κ2) is 9.87. The van der Waals surface area contributed by atoms with Crippen molar-refractivity contribution in [3.63, 3.8) is 0 Å². The number of ether oxygens (including phenoxy) is 2. The fourth-order valence-electron chi connectivity index (χ4n) is 3.00. The third-order valence-corrected chi connectivity index (χ3v) is 5.59. The Hall–Kier alpha value is -2.70. The lowest BCUT2D eigenvalue weighted by Gasteiger charge is -2.18. The van der Waals surface area contributed by atoms with E-state index in [-0.39, 0.29) is 5.56 Å². The van der Waals surface area contributed by atoms with Gasteiger partial charge in [0.15, 0.2) is 11.5 Å². The third kappa shape index (κ3) is 5.26. The summed E-state index contributed by atoms with van der Waals surface area (Å²) in [5, 5.41) is 12.9. The molecule has 156 valence electrons. The van der Waals surface area contributed by atoms with Crippen molar-refractivity contribution in [3.8, 4) is 11.5 Å². The molecule has 30 heavy (non-hydrogen) atoms. The Labute approximate surface area is 188 Å². The van der Waals surface area contributed by atoms with Crippen LogP contribution in [0.5, 0.6) is 11.5 Å². The van der Waals surface area contributed by atoms with Gasteiger partial charge in [0.1, 0.15) is 6.61 Å². The Bertz CT molecular complexity index is 1070. The lowest BCUT2D eigenvalue weighted by Crippen LogP contribution is -2.07. The lowest BCUT2D eigenvalue weighted by atomic mass is 10.1. The van der Waals surface area contributed by atoms with E-state index < -0.39 is 5.97 Å². The van der Waals surface area contributed by atoms with Crippen LogP contribution in [0.25, 0.3) is 0 Å². The monoisotopic (exact) mass is 489 g/mol. The first-order valence-corrected chi connectivity index (χ1v) is 10.4. The molecule has 0 unspecified atom stereocenters. The van der Waals surface area contributed by atoms with Crippen LogP contribution in [0.4, 0.5) is 5.69 Å². The van der Waals surface area contributed by atoms with Crippen LogP contribution >= 0.6 is 27.5 Å². The van der Waals surface area contributed by atoms with Gasteiger partial charge in [0, 0.05) is 16.6 Å². The molecule has 5 nitrogen and oxygen atoms in total. The zero-order chi connectivity index (χ0) is 21.7. The SMILES string of the molecule is COc1ccc(Br)c(CNc2cc(C(=O)O)ccc2Cl)c1OCc1cccc(C)c1. The fourth-order valence-corrected chi connectivity index (χ4v) is 3.64. The van der Waals surface area contributed by atoms with Crippen LogP contribution in [0, 0.1) is 6.92 Å². The van der Waals surface area contributed by atoms with E-state index >= 15 is 0 Å². The van der Waals surface area contributed by atoms with Crippen molar-refractivity contribution in [3.05, 3.63) is 86.3 Å². The first-order chi connectivity index (χ1) is 14.4. The molecule has 0 aromatic heterocycles. The molecule has 0 saturated carbocycles. The topological polar surface area (TPSA) is 67.8 Å². The van der Waals surface area contributed by atoms with Crippen LogP contribution in [-0.2, 0) is 13.2 Å². The van der Waals surface area contributed by atoms with E-state index in [0.29, 0.717) is 35.4 Å². The highest BCUT2D eigenvalue weighted by molar-refractivity contribution is 9.10. The number of carbonyl (C=O) groups is 1. The van der Waals surface area contributed by atoms with E-state index in [1.54, 1.807) is 13.2 Å². The summed E-state index contributed by atoms with van der Waals surface area (Å²) < 4.78 is 12.5. The van der Waals surface area contributed by atoms with Crippen LogP contribution in [-0.4, -0.2) is 18.2 Å². The van der Waals surface area contributed by atoms with E-state index in [9.17, 15) is 9.90 Å². The van der Waals surface area contributed by atoms with Crippen molar-refractivity contribution in [1.29, 1.82) is 0 Å². The van der Waals surface area contributed by atoms with Crippen molar-refractivity contribution < 1.29 is 19.4 Å². The summed E-state index contributed by atoms with van der Waals surface area (Å²) in [6.07, 6.45) is 0. The quantitative estimate of drug-likeness (QED) is 0.387. The maximum Gasteiger partial charge on any atom is 0.335 e. The highest BCUT2D eigenvalue weighted by atomic mass is 79.9. The molecule has 0 aliphatic heterocycles. The van der Waals surface area contributed by atoms with Gasteiger partial charge >= 0.3 is 5.97 Å². The smallest absolute Gasteiger partial charge is 0.335 e. The number of halogens is 2. The predicted octanol–water partition coefficient (Wildman–Crippen LogP) is 6.31. The first-order valence-electron chi connectivity index (χ1n) is 9.19. The minimum atomic E-state index is -1.01.